The maximum atomic E-state index is 5.72. The van der Waals surface area contributed by atoms with E-state index in [1.165, 1.54) is 0 Å². The van der Waals surface area contributed by atoms with E-state index in [0.717, 1.165) is 5.82 Å². The lowest BCUT2D eigenvalue weighted by atomic mass is 10.3. The van der Waals surface area contributed by atoms with Crippen LogP contribution in [0.25, 0.3) is 0 Å². The fourth-order valence-corrected chi connectivity index (χ4v) is 1.13. The first-order valence-corrected chi connectivity index (χ1v) is 5.33. The number of rotatable bonds is 6. The second-order valence-corrected chi connectivity index (χ2v) is 3.45. The lowest BCUT2D eigenvalue weighted by Gasteiger charge is -2.12. The molecule has 0 aromatic carbocycles. The van der Waals surface area contributed by atoms with Crippen molar-refractivity contribution in [3.05, 3.63) is 12.1 Å². The zero-order chi connectivity index (χ0) is 12.0. The predicted octanol–water partition coefficient (Wildman–Crippen LogP) is 1.51. The van der Waals surface area contributed by atoms with Gasteiger partial charge in [-0.1, -0.05) is 0 Å². The van der Waals surface area contributed by atoms with Gasteiger partial charge in [-0.05, 0) is 26.0 Å². The third-order valence-corrected chi connectivity index (χ3v) is 2.14. The molecule has 5 nitrogen and oxygen atoms in total. The molecule has 0 saturated carbocycles. The smallest absolute Gasteiger partial charge is 0.239 e. The number of nitrogens with two attached hydrogens (primary N) is 1. The van der Waals surface area contributed by atoms with Gasteiger partial charge < -0.3 is 20.5 Å². The Hall–Kier alpha value is -1.49. The molecule has 1 aromatic heterocycles. The van der Waals surface area contributed by atoms with Crippen LogP contribution in [0.1, 0.15) is 13.8 Å². The molecule has 1 aromatic rings. The Labute approximate surface area is 96.0 Å². The third kappa shape index (κ3) is 3.58. The molecule has 0 radical (unpaired) electrons. The van der Waals surface area contributed by atoms with Crippen molar-refractivity contribution < 1.29 is 9.47 Å². The molecule has 0 fully saturated rings. The van der Waals surface area contributed by atoms with Crippen LogP contribution < -0.4 is 15.8 Å². The molecule has 5 heteroatoms. The standard InChI is InChI=1S/C11H19N3O2/c1-4-16-11-9(12)5-6-10(14-11)13-7-8(2)15-3/h5-6,8H,4,7,12H2,1-3H3,(H,13,14). The second-order valence-electron chi connectivity index (χ2n) is 3.45. The summed E-state index contributed by atoms with van der Waals surface area (Å²) in [5, 5.41) is 3.15. The summed E-state index contributed by atoms with van der Waals surface area (Å²) in [6.45, 7) is 5.12. The molecule has 0 bridgehead atoms. The van der Waals surface area contributed by atoms with E-state index in [-0.39, 0.29) is 6.10 Å². The number of methoxy groups -OCH3 is 1. The van der Waals surface area contributed by atoms with Crippen LogP contribution in [0.2, 0.25) is 0 Å². The first-order chi connectivity index (χ1) is 7.67. The number of hydrogen-bond acceptors (Lipinski definition) is 5. The number of ether oxygens (including phenoxy) is 2. The van der Waals surface area contributed by atoms with Crippen molar-refractivity contribution in [1.82, 2.24) is 4.98 Å². The van der Waals surface area contributed by atoms with E-state index >= 15 is 0 Å². The van der Waals surface area contributed by atoms with E-state index in [2.05, 4.69) is 10.3 Å². The van der Waals surface area contributed by atoms with Gasteiger partial charge in [0.15, 0.2) is 0 Å². The summed E-state index contributed by atoms with van der Waals surface area (Å²) in [6, 6.07) is 3.60. The van der Waals surface area contributed by atoms with Crippen LogP contribution in [0.5, 0.6) is 5.88 Å². The summed E-state index contributed by atoms with van der Waals surface area (Å²) >= 11 is 0. The highest BCUT2D eigenvalue weighted by Crippen LogP contribution is 2.20. The summed E-state index contributed by atoms with van der Waals surface area (Å²) in [5.74, 6) is 1.21. The van der Waals surface area contributed by atoms with Gasteiger partial charge >= 0.3 is 0 Å². The first kappa shape index (κ1) is 12.6. The molecule has 1 heterocycles. The van der Waals surface area contributed by atoms with E-state index in [9.17, 15) is 0 Å². The van der Waals surface area contributed by atoms with Crippen molar-refractivity contribution in [3.63, 3.8) is 0 Å². The van der Waals surface area contributed by atoms with Crippen molar-refractivity contribution in [1.29, 1.82) is 0 Å². The van der Waals surface area contributed by atoms with E-state index in [4.69, 9.17) is 15.2 Å². The fourth-order valence-electron chi connectivity index (χ4n) is 1.13. The van der Waals surface area contributed by atoms with Gasteiger partial charge in [0.25, 0.3) is 0 Å². The quantitative estimate of drug-likeness (QED) is 0.768. The molecule has 0 aliphatic heterocycles. The third-order valence-electron chi connectivity index (χ3n) is 2.14. The number of nitrogens with zero attached hydrogens (tertiary/aromatic N) is 1. The number of aromatic nitrogens is 1. The maximum absolute atomic E-state index is 5.72. The topological polar surface area (TPSA) is 69.4 Å². The fraction of sp³-hybridized carbons (Fsp3) is 0.545. The summed E-state index contributed by atoms with van der Waals surface area (Å²) in [7, 11) is 1.67. The van der Waals surface area contributed by atoms with Crippen LogP contribution in [0.3, 0.4) is 0 Å². The molecule has 1 atom stereocenters. The van der Waals surface area contributed by atoms with Crippen LogP contribution in [0, 0.1) is 0 Å². The van der Waals surface area contributed by atoms with Crippen molar-refractivity contribution in [2.75, 3.05) is 31.3 Å². The molecular weight excluding hydrogens is 206 g/mol. The zero-order valence-corrected chi connectivity index (χ0v) is 9.99. The Morgan fingerprint density at radius 1 is 1.50 bits per heavy atom. The van der Waals surface area contributed by atoms with Gasteiger partial charge in [0.05, 0.1) is 18.4 Å². The molecule has 0 saturated heterocycles. The van der Waals surface area contributed by atoms with Gasteiger partial charge in [-0.3, -0.25) is 0 Å². The summed E-state index contributed by atoms with van der Waals surface area (Å²) in [4.78, 5) is 4.25. The minimum Gasteiger partial charge on any atom is -0.476 e. The largest absolute Gasteiger partial charge is 0.476 e. The number of nitrogen functional groups attached to an aromatic ring is 1. The van der Waals surface area contributed by atoms with Gasteiger partial charge in [0, 0.05) is 13.7 Å². The Balaban J connectivity index is 2.63. The zero-order valence-electron chi connectivity index (χ0n) is 9.99. The number of pyridine rings is 1. The second kappa shape index (κ2) is 6.17. The van der Waals surface area contributed by atoms with Gasteiger partial charge in [-0.15, -0.1) is 0 Å². The van der Waals surface area contributed by atoms with Crippen molar-refractivity contribution in [2.45, 2.75) is 20.0 Å². The molecule has 16 heavy (non-hydrogen) atoms. The van der Waals surface area contributed by atoms with Crippen LogP contribution in [-0.2, 0) is 4.74 Å². The summed E-state index contributed by atoms with van der Waals surface area (Å²) in [5.41, 5.74) is 6.27. The van der Waals surface area contributed by atoms with Crippen molar-refractivity contribution in [3.8, 4) is 5.88 Å². The molecule has 1 rings (SSSR count). The number of nitrogens with one attached hydrogen (secondary N) is 1. The van der Waals surface area contributed by atoms with Crippen LogP contribution >= 0.6 is 0 Å². The van der Waals surface area contributed by atoms with Gasteiger partial charge in [0.1, 0.15) is 5.82 Å². The van der Waals surface area contributed by atoms with Crippen LogP contribution in [0.4, 0.5) is 11.5 Å². The van der Waals surface area contributed by atoms with E-state index in [0.29, 0.717) is 24.7 Å². The molecular formula is C11H19N3O2. The SMILES string of the molecule is CCOc1nc(NCC(C)OC)ccc1N. The van der Waals surface area contributed by atoms with Gasteiger partial charge in [0.2, 0.25) is 5.88 Å². The predicted molar refractivity (Wildman–Crippen MR) is 64.8 cm³/mol. The van der Waals surface area contributed by atoms with E-state index < -0.39 is 0 Å². The first-order valence-electron chi connectivity index (χ1n) is 5.33. The number of hydrogen-bond donors (Lipinski definition) is 2. The highest BCUT2D eigenvalue weighted by atomic mass is 16.5. The van der Waals surface area contributed by atoms with Crippen LogP contribution in [0.15, 0.2) is 12.1 Å². The lowest BCUT2D eigenvalue weighted by molar-refractivity contribution is 0.128. The maximum Gasteiger partial charge on any atom is 0.239 e. The average molecular weight is 225 g/mol. The highest BCUT2D eigenvalue weighted by Gasteiger charge is 2.04. The molecule has 0 aliphatic rings. The monoisotopic (exact) mass is 225 g/mol. The molecule has 90 valence electrons. The van der Waals surface area contributed by atoms with E-state index in [1.807, 2.05) is 19.9 Å². The number of anilines is 2. The Morgan fingerprint density at radius 2 is 2.25 bits per heavy atom. The Morgan fingerprint density at radius 3 is 2.88 bits per heavy atom. The van der Waals surface area contributed by atoms with Crippen LogP contribution in [-0.4, -0.2) is 31.3 Å². The highest BCUT2D eigenvalue weighted by molar-refractivity contribution is 5.53. The minimum atomic E-state index is 0.134. The Bertz CT molecular complexity index is 331. The average Bonchev–Trinajstić information content (AvgIpc) is 2.30. The molecule has 0 spiro atoms. The molecule has 0 amide bonds. The van der Waals surface area contributed by atoms with Crippen molar-refractivity contribution in [2.24, 2.45) is 0 Å². The molecule has 3 N–H and O–H groups in total. The van der Waals surface area contributed by atoms with Crippen molar-refractivity contribution >= 4 is 11.5 Å². The summed E-state index contributed by atoms with van der Waals surface area (Å²) in [6.07, 6.45) is 0.134. The van der Waals surface area contributed by atoms with E-state index in [1.54, 1.807) is 13.2 Å². The lowest BCUT2D eigenvalue weighted by Crippen LogP contribution is -2.18. The normalized spacial score (nSPS) is 12.2. The van der Waals surface area contributed by atoms with Gasteiger partial charge in [-0.25, -0.2) is 0 Å². The Kier molecular flexibility index (Phi) is 4.85. The summed E-state index contributed by atoms with van der Waals surface area (Å²) < 4.78 is 10.4. The molecule has 0 aliphatic carbocycles. The van der Waals surface area contributed by atoms with Gasteiger partial charge in [-0.2, -0.15) is 4.98 Å². The minimum absolute atomic E-state index is 0.134. The molecule has 1 unspecified atom stereocenters.